The summed E-state index contributed by atoms with van der Waals surface area (Å²) in [6.45, 7) is 5.41. The highest BCUT2D eigenvalue weighted by molar-refractivity contribution is 8.14. The summed E-state index contributed by atoms with van der Waals surface area (Å²) in [5.74, 6) is -0.0651. The summed E-state index contributed by atoms with van der Waals surface area (Å²) < 4.78 is 5.18. The van der Waals surface area contributed by atoms with Crippen LogP contribution < -0.4 is 15.4 Å². The summed E-state index contributed by atoms with van der Waals surface area (Å²) in [5.41, 5.74) is 9.44. The molecule has 168 valence electrons. The van der Waals surface area contributed by atoms with Crippen molar-refractivity contribution in [2.24, 2.45) is 10.7 Å². The Balaban J connectivity index is 1.98. The monoisotopic (exact) mass is 460 g/mol. The number of benzene rings is 2. The Labute approximate surface area is 197 Å². The van der Waals surface area contributed by atoms with Crippen molar-refractivity contribution >= 4 is 40.4 Å². The number of rotatable bonds is 6. The molecule has 0 radical (unpaired) electrons. The summed E-state index contributed by atoms with van der Waals surface area (Å²) in [4.78, 5) is 31.8. The average molecular weight is 461 g/mol. The van der Waals surface area contributed by atoms with Gasteiger partial charge in [0.15, 0.2) is 11.0 Å². The number of nitrogens with two attached hydrogens (primary N) is 1. The minimum Gasteiger partial charge on any atom is -0.497 e. The van der Waals surface area contributed by atoms with E-state index in [-0.39, 0.29) is 28.6 Å². The summed E-state index contributed by atoms with van der Waals surface area (Å²) in [6, 6.07) is 14.9. The van der Waals surface area contributed by atoms with Crippen LogP contribution in [0.2, 0.25) is 0 Å². The molecule has 1 aliphatic heterocycles. The number of thioether (sulfide) groups is 1. The second-order valence-electron chi connectivity index (χ2n) is 7.57. The number of Topliss-reactive ketones (excluding diaryl/α,β-unsaturated/α-hetero) is 1. The van der Waals surface area contributed by atoms with Crippen molar-refractivity contribution in [1.29, 1.82) is 5.26 Å². The van der Waals surface area contributed by atoms with E-state index in [0.29, 0.717) is 16.6 Å². The highest BCUT2D eigenvalue weighted by Gasteiger charge is 2.33. The lowest BCUT2D eigenvalue weighted by molar-refractivity contribution is -0.114. The number of anilines is 1. The maximum Gasteiger partial charge on any atom is 0.283 e. The van der Waals surface area contributed by atoms with Gasteiger partial charge in [-0.25, -0.2) is 4.99 Å². The number of carbonyl (C=O) groups excluding carboxylic acids is 2. The fraction of sp³-hybridized carbons (Fsp3) is 0.200. The van der Waals surface area contributed by atoms with Crippen molar-refractivity contribution in [1.82, 2.24) is 0 Å². The Kier molecular flexibility index (Phi) is 7.36. The SMILES string of the molecule is COc1ccc(/C=C2\N=C(SCC(=O)/C(C#N)=C(\C)N)N(c3cc(C)cc(C)c3)C2=O)cc1. The lowest BCUT2D eigenvalue weighted by atomic mass is 10.1. The van der Waals surface area contributed by atoms with Crippen molar-refractivity contribution in [3.8, 4) is 11.8 Å². The predicted octanol–water partition coefficient (Wildman–Crippen LogP) is 4.11. The zero-order chi connectivity index (χ0) is 24.1. The van der Waals surface area contributed by atoms with Gasteiger partial charge < -0.3 is 10.5 Å². The van der Waals surface area contributed by atoms with Crippen LogP contribution in [-0.4, -0.2) is 29.7 Å². The maximum absolute atomic E-state index is 13.3. The molecule has 1 aliphatic rings. The number of nitriles is 1. The fourth-order valence-corrected chi connectivity index (χ4v) is 4.22. The number of amidine groups is 1. The van der Waals surface area contributed by atoms with Gasteiger partial charge in [-0.15, -0.1) is 0 Å². The third-order valence-corrected chi connectivity index (χ3v) is 5.77. The molecule has 0 atom stereocenters. The largest absolute Gasteiger partial charge is 0.497 e. The van der Waals surface area contributed by atoms with E-state index in [0.717, 1.165) is 28.5 Å². The molecule has 0 aliphatic carbocycles. The van der Waals surface area contributed by atoms with Gasteiger partial charge in [-0.2, -0.15) is 5.26 Å². The van der Waals surface area contributed by atoms with Crippen molar-refractivity contribution in [3.05, 3.63) is 76.1 Å². The number of ketones is 1. The molecule has 0 saturated heterocycles. The molecule has 1 heterocycles. The number of aliphatic imine (C=N–C) groups is 1. The average Bonchev–Trinajstić information content (AvgIpc) is 3.07. The second-order valence-corrected chi connectivity index (χ2v) is 8.51. The molecule has 0 aromatic heterocycles. The van der Waals surface area contributed by atoms with Gasteiger partial charge in [-0.05, 0) is 67.8 Å². The summed E-state index contributed by atoms with van der Waals surface area (Å²) >= 11 is 1.10. The molecule has 1 amide bonds. The second kappa shape index (κ2) is 10.2. The minimum atomic E-state index is -0.411. The quantitative estimate of drug-likeness (QED) is 0.513. The highest BCUT2D eigenvalue weighted by Crippen LogP contribution is 2.31. The number of hydrogen-bond donors (Lipinski definition) is 1. The maximum atomic E-state index is 13.3. The number of carbonyl (C=O) groups is 2. The van der Waals surface area contributed by atoms with E-state index in [1.165, 1.54) is 11.8 Å². The Morgan fingerprint density at radius 3 is 2.39 bits per heavy atom. The molecule has 3 rings (SSSR count). The molecule has 33 heavy (non-hydrogen) atoms. The van der Waals surface area contributed by atoms with Crippen molar-refractivity contribution in [3.63, 3.8) is 0 Å². The zero-order valence-corrected chi connectivity index (χ0v) is 19.7. The van der Waals surface area contributed by atoms with Crippen LogP contribution in [0, 0.1) is 25.2 Å². The fourth-order valence-electron chi connectivity index (χ4n) is 3.33. The van der Waals surface area contributed by atoms with Crippen molar-refractivity contribution < 1.29 is 14.3 Å². The zero-order valence-electron chi connectivity index (χ0n) is 18.9. The minimum absolute atomic E-state index is 0.0688. The van der Waals surface area contributed by atoms with Crippen LogP contribution in [0.4, 0.5) is 5.69 Å². The number of hydrogen-bond acceptors (Lipinski definition) is 7. The molecule has 7 nitrogen and oxygen atoms in total. The van der Waals surface area contributed by atoms with Crippen LogP contribution >= 0.6 is 11.8 Å². The van der Waals surface area contributed by atoms with E-state index < -0.39 is 5.78 Å². The van der Waals surface area contributed by atoms with Crippen molar-refractivity contribution in [2.75, 3.05) is 17.8 Å². The Morgan fingerprint density at radius 2 is 1.85 bits per heavy atom. The van der Waals surface area contributed by atoms with Gasteiger partial charge in [0.05, 0.1) is 18.6 Å². The highest BCUT2D eigenvalue weighted by atomic mass is 32.2. The summed E-state index contributed by atoms with van der Waals surface area (Å²) in [6.07, 6.45) is 1.69. The van der Waals surface area contributed by atoms with Crippen LogP contribution in [0.1, 0.15) is 23.6 Å². The molecule has 2 aromatic carbocycles. The first-order valence-corrected chi connectivity index (χ1v) is 11.1. The predicted molar refractivity (Wildman–Crippen MR) is 132 cm³/mol. The Morgan fingerprint density at radius 1 is 1.21 bits per heavy atom. The molecular weight excluding hydrogens is 436 g/mol. The Bertz CT molecular complexity index is 1210. The van der Waals surface area contributed by atoms with Gasteiger partial charge in [0, 0.05) is 5.70 Å². The van der Waals surface area contributed by atoms with Gasteiger partial charge in [-0.3, -0.25) is 14.5 Å². The third kappa shape index (κ3) is 5.51. The van der Waals surface area contributed by atoms with E-state index in [1.54, 1.807) is 25.3 Å². The topological polar surface area (TPSA) is 109 Å². The van der Waals surface area contributed by atoms with E-state index in [4.69, 9.17) is 10.5 Å². The van der Waals surface area contributed by atoms with E-state index >= 15 is 0 Å². The van der Waals surface area contributed by atoms with Gasteiger partial charge in [0.25, 0.3) is 5.91 Å². The molecule has 0 fully saturated rings. The van der Waals surface area contributed by atoms with E-state index in [1.807, 2.05) is 50.2 Å². The first kappa shape index (κ1) is 23.8. The van der Waals surface area contributed by atoms with Gasteiger partial charge in [0.2, 0.25) is 0 Å². The normalized spacial score (nSPS) is 15.2. The van der Waals surface area contributed by atoms with Crippen LogP contribution in [0.15, 0.2) is 64.4 Å². The first-order valence-electron chi connectivity index (χ1n) is 10.1. The van der Waals surface area contributed by atoms with Crippen LogP contribution in [0.25, 0.3) is 6.08 Å². The Hall–Kier alpha value is -3.83. The van der Waals surface area contributed by atoms with Crippen LogP contribution in [0.3, 0.4) is 0 Å². The molecule has 2 aromatic rings. The first-order chi connectivity index (χ1) is 15.7. The van der Waals surface area contributed by atoms with E-state index in [2.05, 4.69) is 4.99 Å². The van der Waals surface area contributed by atoms with Gasteiger partial charge >= 0.3 is 0 Å². The lowest BCUT2D eigenvalue weighted by Crippen LogP contribution is -2.31. The molecule has 0 saturated carbocycles. The number of nitrogens with zero attached hydrogens (tertiary/aromatic N) is 3. The summed E-state index contributed by atoms with van der Waals surface area (Å²) in [7, 11) is 1.59. The third-order valence-electron chi connectivity index (χ3n) is 4.83. The van der Waals surface area contributed by atoms with Crippen molar-refractivity contribution in [2.45, 2.75) is 20.8 Å². The molecule has 0 spiro atoms. The smallest absolute Gasteiger partial charge is 0.283 e. The molecule has 8 heteroatoms. The number of ether oxygens (including phenoxy) is 1. The standard InChI is InChI=1S/C25H24N4O3S/c1-15-9-16(2)11-19(10-15)29-24(31)22(12-18-5-7-20(32-4)8-6-18)28-25(29)33-14-23(30)21(13-26)17(3)27/h5-12H,14,27H2,1-4H3/b21-17+,22-12-. The van der Waals surface area contributed by atoms with Crippen LogP contribution in [-0.2, 0) is 9.59 Å². The summed E-state index contributed by atoms with van der Waals surface area (Å²) in [5, 5.41) is 9.57. The van der Waals surface area contributed by atoms with Gasteiger partial charge in [0.1, 0.15) is 23.1 Å². The molecular formula is C25H24N4O3S. The van der Waals surface area contributed by atoms with Crippen LogP contribution in [0.5, 0.6) is 5.75 Å². The molecule has 0 bridgehead atoms. The van der Waals surface area contributed by atoms with E-state index in [9.17, 15) is 14.9 Å². The molecule has 0 unspecified atom stereocenters. The number of allylic oxidation sites excluding steroid dienone is 2. The van der Waals surface area contributed by atoms with Gasteiger partial charge in [-0.1, -0.05) is 30.0 Å². The number of methoxy groups -OCH3 is 1. The molecule has 2 N–H and O–H groups in total. The number of amides is 1. The number of aryl methyl sites for hydroxylation is 2. The lowest BCUT2D eigenvalue weighted by Gasteiger charge is -2.19.